The van der Waals surface area contributed by atoms with Crippen LogP contribution in [-0.2, 0) is 0 Å². The molecular weight excluding hydrogens is 218 g/mol. The maximum Gasteiger partial charge on any atom is 0.288 e. The highest BCUT2D eigenvalue weighted by Crippen LogP contribution is 2.04. The first-order valence-corrected chi connectivity index (χ1v) is 5.44. The fourth-order valence-electron chi connectivity index (χ4n) is 1.29. The highest BCUT2D eigenvalue weighted by Gasteiger charge is 2.15. The number of hydrogen-bond donors (Lipinski definition) is 4. The predicted molar refractivity (Wildman–Crippen MR) is 62.9 cm³/mol. The van der Waals surface area contributed by atoms with Crippen molar-refractivity contribution in [3.63, 3.8) is 0 Å². The molecule has 15 heavy (non-hydrogen) atoms. The molecule has 0 heterocycles. The minimum atomic E-state index is -2.57. The van der Waals surface area contributed by atoms with Crippen LogP contribution in [0.3, 0.4) is 0 Å². The summed E-state index contributed by atoms with van der Waals surface area (Å²) in [5, 5.41) is 28.4. The SMILES string of the molecule is CCCCCCCCNCC(O)(O)O.Cl. The minimum absolute atomic E-state index is 0. The Kier molecular flexibility index (Phi) is 12.4. The molecule has 0 fully saturated rings. The van der Waals surface area contributed by atoms with Gasteiger partial charge in [0.05, 0.1) is 6.54 Å². The Morgan fingerprint density at radius 3 is 2.00 bits per heavy atom. The van der Waals surface area contributed by atoms with Crippen molar-refractivity contribution < 1.29 is 15.3 Å². The van der Waals surface area contributed by atoms with Crippen molar-refractivity contribution in [1.29, 1.82) is 0 Å². The summed E-state index contributed by atoms with van der Waals surface area (Å²) < 4.78 is 0. The quantitative estimate of drug-likeness (QED) is 0.359. The third-order valence-corrected chi connectivity index (χ3v) is 2.07. The van der Waals surface area contributed by atoms with Gasteiger partial charge in [0.2, 0.25) is 0 Å². The summed E-state index contributed by atoms with van der Waals surface area (Å²) in [4.78, 5) is 0. The molecule has 0 atom stereocenters. The number of rotatable bonds is 9. The molecule has 0 amide bonds. The molecule has 0 aliphatic rings. The van der Waals surface area contributed by atoms with Crippen LogP contribution in [0.5, 0.6) is 0 Å². The first kappa shape index (κ1) is 17.5. The molecule has 0 aliphatic carbocycles. The lowest BCUT2D eigenvalue weighted by Gasteiger charge is -2.14. The van der Waals surface area contributed by atoms with Crippen molar-refractivity contribution >= 4 is 12.4 Å². The summed E-state index contributed by atoms with van der Waals surface area (Å²) in [6.45, 7) is 2.71. The van der Waals surface area contributed by atoms with Gasteiger partial charge in [-0.3, -0.25) is 0 Å². The van der Waals surface area contributed by atoms with E-state index >= 15 is 0 Å². The van der Waals surface area contributed by atoms with E-state index < -0.39 is 5.97 Å². The van der Waals surface area contributed by atoms with E-state index in [1.165, 1.54) is 25.7 Å². The molecule has 0 saturated heterocycles. The molecule has 0 spiro atoms. The van der Waals surface area contributed by atoms with E-state index in [-0.39, 0.29) is 19.0 Å². The van der Waals surface area contributed by atoms with Crippen LogP contribution in [0.15, 0.2) is 0 Å². The number of halogens is 1. The molecule has 0 unspecified atom stereocenters. The number of unbranched alkanes of at least 4 members (excludes halogenated alkanes) is 5. The van der Waals surface area contributed by atoms with E-state index in [9.17, 15) is 0 Å². The van der Waals surface area contributed by atoms with Gasteiger partial charge in [0.15, 0.2) is 0 Å². The van der Waals surface area contributed by atoms with Gasteiger partial charge in [0, 0.05) is 0 Å². The van der Waals surface area contributed by atoms with Crippen LogP contribution in [0.25, 0.3) is 0 Å². The Balaban J connectivity index is 0. The summed E-state index contributed by atoms with van der Waals surface area (Å²) in [7, 11) is 0. The average Bonchev–Trinajstić information content (AvgIpc) is 2.08. The van der Waals surface area contributed by atoms with Gasteiger partial charge in [-0.2, -0.15) is 0 Å². The second-order valence-electron chi connectivity index (χ2n) is 3.72. The first-order chi connectivity index (χ1) is 6.56. The summed E-state index contributed by atoms with van der Waals surface area (Å²) in [6, 6.07) is 0. The molecule has 0 aromatic heterocycles. The average molecular weight is 242 g/mol. The maximum absolute atomic E-state index is 8.54. The van der Waals surface area contributed by atoms with Crippen LogP contribution < -0.4 is 5.32 Å². The van der Waals surface area contributed by atoms with Crippen molar-refractivity contribution in [3.05, 3.63) is 0 Å². The van der Waals surface area contributed by atoms with Crippen LogP contribution >= 0.6 is 12.4 Å². The van der Waals surface area contributed by atoms with Gasteiger partial charge in [-0.15, -0.1) is 12.4 Å². The molecule has 0 aromatic carbocycles. The molecule has 0 saturated carbocycles. The van der Waals surface area contributed by atoms with Gasteiger partial charge in [0.25, 0.3) is 5.97 Å². The van der Waals surface area contributed by atoms with Crippen molar-refractivity contribution in [3.8, 4) is 0 Å². The van der Waals surface area contributed by atoms with Gasteiger partial charge < -0.3 is 20.6 Å². The van der Waals surface area contributed by atoms with E-state index in [0.717, 1.165) is 19.4 Å². The van der Waals surface area contributed by atoms with Crippen molar-refractivity contribution in [2.24, 2.45) is 0 Å². The fraction of sp³-hybridized carbons (Fsp3) is 1.00. The predicted octanol–water partition coefficient (Wildman–Crippen LogP) is 0.989. The second-order valence-corrected chi connectivity index (χ2v) is 3.72. The molecule has 0 bridgehead atoms. The molecule has 94 valence electrons. The van der Waals surface area contributed by atoms with E-state index in [4.69, 9.17) is 15.3 Å². The molecule has 0 rings (SSSR count). The zero-order chi connectivity index (χ0) is 10.9. The first-order valence-electron chi connectivity index (χ1n) is 5.44. The van der Waals surface area contributed by atoms with Gasteiger partial charge in [-0.25, -0.2) is 0 Å². The number of nitrogens with one attached hydrogen (secondary N) is 1. The van der Waals surface area contributed by atoms with E-state index in [1.54, 1.807) is 0 Å². The van der Waals surface area contributed by atoms with Gasteiger partial charge in [-0.1, -0.05) is 39.0 Å². The standard InChI is InChI=1S/C10H23NO3.ClH/c1-2-3-4-5-6-7-8-11-9-10(12,13)14;/h11-14H,2-9H2,1H3;1H. The Morgan fingerprint density at radius 2 is 1.47 bits per heavy atom. The molecule has 4 N–H and O–H groups in total. The molecule has 4 nitrogen and oxygen atoms in total. The smallest absolute Gasteiger partial charge is 0.288 e. The second kappa shape index (κ2) is 10.6. The van der Waals surface area contributed by atoms with E-state index in [2.05, 4.69) is 12.2 Å². The Labute approximate surface area is 98.1 Å². The third kappa shape index (κ3) is 16.8. The van der Waals surface area contributed by atoms with Gasteiger partial charge >= 0.3 is 0 Å². The van der Waals surface area contributed by atoms with Crippen molar-refractivity contribution in [2.75, 3.05) is 13.1 Å². The normalized spacial score (nSPS) is 11.2. The molecule has 0 aromatic rings. The number of hydrogen-bond acceptors (Lipinski definition) is 4. The largest absolute Gasteiger partial charge is 0.343 e. The van der Waals surface area contributed by atoms with Crippen LogP contribution in [-0.4, -0.2) is 34.4 Å². The molecular formula is C10H24ClNO3. The lowest BCUT2D eigenvalue weighted by Crippen LogP contribution is -2.40. The maximum atomic E-state index is 8.54. The molecule has 0 radical (unpaired) electrons. The highest BCUT2D eigenvalue weighted by atomic mass is 35.5. The Morgan fingerprint density at radius 1 is 0.933 bits per heavy atom. The molecule has 0 aliphatic heterocycles. The summed E-state index contributed by atoms with van der Waals surface area (Å²) in [5.74, 6) is -2.57. The van der Waals surface area contributed by atoms with Crippen LogP contribution in [0.4, 0.5) is 0 Å². The van der Waals surface area contributed by atoms with Crippen molar-refractivity contribution in [2.45, 2.75) is 51.4 Å². The topological polar surface area (TPSA) is 72.7 Å². The Bertz CT molecular complexity index is 128. The van der Waals surface area contributed by atoms with Crippen LogP contribution in [0, 0.1) is 0 Å². The summed E-state index contributed by atoms with van der Waals surface area (Å²) >= 11 is 0. The highest BCUT2D eigenvalue weighted by molar-refractivity contribution is 5.85. The lowest BCUT2D eigenvalue weighted by atomic mass is 10.1. The van der Waals surface area contributed by atoms with Crippen LogP contribution in [0.1, 0.15) is 45.4 Å². The fourth-order valence-corrected chi connectivity index (χ4v) is 1.29. The van der Waals surface area contributed by atoms with Gasteiger partial charge in [-0.05, 0) is 13.0 Å². The third-order valence-electron chi connectivity index (χ3n) is 2.07. The minimum Gasteiger partial charge on any atom is -0.343 e. The Hall–Kier alpha value is 0.130. The lowest BCUT2D eigenvalue weighted by molar-refractivity contribution is -0.306. The zero-order valence-corrected chi connectivity index (χ0v) is 10.2. The monoisotopic (exact) mass is 241 g/mol. The van der Waals surface area contributed by atoms with E-state index in [1.807, 2.05) is 0 Å². The zero-order valence-electron chi connectivity index (χ0n) is 9.41. The van der Waals surface area contributed by atoms with E-state index in [0.29, 0.717) is 0 Å². The van der Waals surface area contributed by atoms with Crippen LogP contribution in [0.2, 0.25) is 0 Å². The molecule has 5 heteroatoms. The number of aliphatic hydroxyl groups is 3. The van der Waals surface area contributed by atoms with Gasteiger partial charge in [0.1, 0.15) is 0 Å². The summed E-state index contributed by atoms with van der Waals surface area (Å²) in [5.41, 5.74) is 0. The summed E-state index contributed by atoms with van der Waals surface area (Å²) in [6.07, 6.45) is 7.22. The van der Waals surface area contributed by atoms with Crippen molar-refractivity contribution in [1.82, 2.24) is 5.32 Å².